The topological polar surface area (TPSA) is 82.3 Å². The summed E-state index contributed by atoms with van der Waals surface area (Å²) in [5.74, 6) is 7.06. The lowest BCUT2D eigenvalue weighted by Gasteiger charge is -2.12. The number of aromatic nitrogens is 2. The number of hydrazine groups is 1. The van der Waals surface area contributed by atoms with Gasteiger partial charge < -0.3 is 14.9 Å². The summed E-state index contributed by atoms with van der Waals surface area (Å²) in [6.07, 6.45) is 5.24. The standard InChI is InChI=1S/C14H16N4O2/c1-3-6-10-7-4-5-8-11(10)20-14-12(19-2)13(18-15)16-9-17-14/h3-9H,15H2,1-2H3,(H,16,17,18)/b6-3+. The first-order chi connectivity index (χ1) is 9.80. The van der Waals surface area contributed by atoms with Crippen LogP contribution >= 0.6 is 0 Å². The second kappa shape index (κ2) is 6.53. The third-order valence-electron chi connectivity index (χ3n) is 2.58. The number of methoxy groups -OCH3 is 1. The van der Waals surface area contributed by atoms with Gasteiger partial charge in [0.15, 0.2) is 5.82 Å². The number of nitrogens with zero attached hydrogens (tertiary/aromatic N) is 2. The van der Waals surface area contributed by atoms with E-state index in [0.717, 1.165) is 5.56 Å². The average Bonchev–Trinajstić information content (AvgIpc) is 2.49. The molecule has 0 saturated carbocycles. The molecule has 0 unspecified atom stereocenters. The van der Waals surface area contributed by atoms with Gasteiger partial charge in [0.2, 0.25) is 5.75 Å². The Balaban J connectivity index is 2.40. The fourth-order valence-corrected chi connectivity index (χ4v) is 1.71. The molecule has 0 saturated heterocycles. The molecule has 3 N–H and O–H groups in total. The molecule has 1 heterocycles. The van der Waals surface area contributed by atoms with E-state index in [1.54, 1.807) is 0 Å². The zero-order valence-electron chi connectivity index (χ0n) is 11.3. The van der Waals surface area contributed by atoms with Crippen molar-refractivity contribution in [3.63, 3.8) is 0 Å². The molecular formula is C14H16N4O2. The van der Waals surface area contributed by atoms with Crippen molar-refractivity contribution in [2.75, 3.05) is 12.5 Å². The van der Waals surface area contributed by atoms with Crippen LogP contribution in [0.4, 0.5) is 5.82 Å². The fourth-order valence-electron chi connectivity index (χ4n) is 1.71. The van der Waals surface area contributed by atoms with Crippen LogP contribution < -0.4 is 20.7 Å². The van der Waals surface area contributed by atoms with Crippen LogP contribution in [0.3, 0.4) is 0 Å². The summed E-state index contributed by atoms with van der Waals surface area (Å²) in [4.78, 5) is 8.04. The summed E-state index contributed by atoms with van der Waals surface area (Å²) < 4.78 is 11.0. The third kappa shape index (κ3) is 2.86. The number of nitrogens with one attached hydrogen (secondary N) is 1. The lowest BCUT2D eigenvalue weighted by atomic mass is 10.2. The molecular weight excluding hydrogens is 256 g/mol. The molecule has 0 bridgehead atoms. The number of benzene rings is 1. The molecule has 0 aliphatic rings. The van der Waals surface area contributed by atoms with Crippen LogP contribution in [0.15, 0.2) is 36.7 Å². The molecule has 2 rings (SSSR count). The van der Waals surface area contributed by atoms with E-state index in [1.165, 1.54) is 13.4 Å². The molecule has 0 amide bonds. The summed E-state index contributed by atoms with van der Waals surface area (Å²) >= 11 is 0. The van der Waals surface area contributed by atoms with Crippen molar-refractivity contribution in [3.05, 3.63) is 42.2 Å². The maximum Gasteiger partial charge on any atom is 0.268 e. The van der Waals surface area contributed by atoms with E-state index >= 15 is 0 Å². The molecule has 0 fully saturated rings. The lowest BCUT2D eigenvalue weighted by Crippen LogP contribution is -2.11. The Hall–Kier alpha value is -2.60. The van der Waals surface area contributed by atoms with Crippen LogP contribution in [0.25, 0.3) is 6.08 Å². The first kappa shape index (κ1) is 13.8. The highest BCUT2D eigenvalue weighted by Crippen LogP contribution is 2.35. The van der Waals surface area contributed by atoms with Crippen LogP contribution in [-0.4, -0.2) is 17.1 Å². The van der Waals surface area contributed by atoms with E-state index in [4.69, 9.17) is 15.3 Å². The molecule has 0 radical (unpaired) electrons. The van der Waals surface area contributed by atoms with Gasteiger partial charge in [-0.3, -0.25) is 0 Å². The Bertz CT molecular complexity index is 614. The molecule has 104 valence electrons. The summed E-state index contributed by atoms with van der Waals surface area (Å²) in [5, 5.41) is 0. The van der Waals surface area contributed by atoms with Crippen LogP contribution in [0.2, 0.25) is 0 Å². The van der Waals surface area contributed by atoms with Gasteiger partial charge >= 0.3 is 0 Å². The highest BCUT2D eigenvalue weighted by atomic mass is 16.5. The number of hydrogen-bond donors (Lipinski definition) is 2. The normalized spacial score (nSPS) is 10.6. The molecule has 2 aromatic rings. The molecule has 20 heavy (non-hydrogen) atoms. The first-order valence-electron chi connectivity index (χ1n) is 6.05. The second-order valence-electron chi connectivity index (χ2n) is 3.84. The average molecular weight is 272 g/mol. The van der Waals surface area contributed by atoms with Crippen LogP contribution in [-0.2, 0) is 0 Å². The van der Waals surface area contributed by atoms with Crippen molar-refractivity contribution in [1.82, 2.24) is 9.97 Å². The molecule has 0 aliphatic heterocycles. The predicted molar refractivity (Wildman–Crippen MR) is 77.6 cm³/mol. The molecule has 6 heteroatoms. The van der Waals surface area contributed by atoms with E-state index in [9.17, 15) is 0 Å². The van der Waals surface area contributed by atoms with Gasteiger partial charge in [0.1, 0.15) is 12.1 Å². The number of nitrogens with two attached hydrogens (primary N) is 1. The van der Waals surface area contributed by atoms with Gasteiger partial charge in [0.25, 0.3) is 5.88 Å². The van der Waals surface area contributed by atoms with E-state index in [1.807, 2.05) is 43.3 Å². The minimum atomic E-state index is 0.299. The van der Waals surface area contributed by atoms with E-state index < -0.39 is 0 Å². The zero-order valence-corrected chi connectivity index (χ0v) is 11.3. The van der Waals surface area contributed by atoms with Crippen molar-refractivity contribution in [3.8, 4) is 17.4 Å². The van der Waals surface area contributed by atoms with Crippen molar-refractivity contribution in [1.29, 1.82) is 0 Å². The monoisotopic (exact) mass is 272 g/mol. The Morgan fingerprint density at radius 1 is 1.25 bits per heavy atom. The van der Waals surface area contributed by atoms with Gasteiger partial charge in [-0.25, -0.2) is 10.8 Å². The van der Waals surface area contributed by atoms with Gasteiger partial charge in [-0.15, -0.1) is 0 Å². The zero-order chi connectivity index (χ0) is 14.4. The summed E-state index contributed by atoms with van der Waals surface area (Å²) in [6.45, 7) is 1.94. The molecule has 6 nitrogen and oxygen atoms in total. The minimum Gasteiger partial charge on any atom is -0.489 e. The number of allylic oxidation sites excluding steroid dienone is 1. The number of rotatable bonds is 5. The number of hydrogen-bond acceptors (Lipinski definition) is 6. The number of anilines is 1. The highest BCUT2D eigenvalue weighted by Gasteiger charge is 2.14. The smallest absolute Gasteiger partial charge is 0.268 e. The van der Waals surface area contributed by atoms with Crippen molar-refractivity contribution in [2.45, 2.75) is 6.92 Å². The van der Waals surface area contributed by atoms with Gasteiger partial charge in [-0.1, -0.05) is 30.4 Å². The van der Waals surface area contributed by atoms with Crippen molar-refractivity contribution in [2.24, 2.45) is 5.84 Å². The predicted octanol–water partition coefficient (Wildman–Crippen LogP) is 2.60. The van der Waals surface area contributed by atoms with Gasteiger partial charge in [-0.05, 0) is 13.0 Å². The molecule has 1 aromatic carbocycles. The summed E-state index contributed by atoms with van der Waals surface area (Å²) in [7, 11) is 1.50. The van der Waals surface area contributed by atoms with Crippen LogP contribution in [0, 0.1) is 0 Å². The third-order valence-corrected chi connectivity index (χ3v) is 2.58. The summed E-state index contributed by atoms with van der Waals surface area (Å²) in [6, 6.07) is 7.63. The maximum absolute atomic E-state index is 5.80. The highest BCUT2D eigenvalue weighted by molar-refractivity contribution is 5.60. The molecule has 1 aromatic heterocycles. The SMILES string of the molecule is C/C=C/c1ccccc1Oc1ncnc(NN)c1OC. The Morgan fingerprint density at radius 2 is 2.05 bits per heavy atom. The fraction of sp³-hybridized carbons (Fsp3) is 0.143. The number of nitrogen functional groups attached to an aromatic ring is 1. The molecule has 0 spiro atoms. The Kier molecular flexibility index (Phi) is 4.52. The minimum absolute atomic E-state index is 0.299. The van der Waals surface area contributed by atoms with E-state index in [-0.39, 0.29) is 0 Å². The van der Waals surface area contributed by atoms with E-state index in [2.05, 4.69) is 15.4 Å². The largest absolute Gasteiger partial charge is 0.489 e. The van der Waals surface area contributed by atoms with Gasteiger partial charge in [-0.2, -0.15) is 4.98 Å². The molecule has 0 atom stereocenters. The van der Waals surface area contributed by atoms with Crippen LogP contribution in [0.5, 0.6) is 17.4 Å². The quantitative estimate of drug-likeness (QED) is 0.643. The van der Waals surface area contributed by atoms with Gasteiger partial charge in [0.05, 0.1) is 7.11 Å². The maximum atomic E-state index is 5.80. The summed E-state index contributed by atoms with van der Waals surface area (Å²) in [5.41, 5.74) is 3.38. The molecule has 0 aliphatic carbocycles. The van der Waals surface area contributed by atoms with E-state index in [0.29, 0.717) is 23.2 Å². The Labute approximate surface area is 117 Å². The van der Waals surface area contributed by atoms with Crippen LogP contribution in [0.1, 0.15) is 12.5 Å². The number of para-hydroxylation sites is 1. The van der Waals surface area contributed by atoms with Crippen molar-refractivity contribution < 1.29 is 9.47 Å². The van der Waals surface area contributed by atoms with Crippen molar-refractivity contribution >= 4 is 11.9 Å². The lowest BCUT2D eigenvalue weighted by molar-refractivity contribution is 0.368. The second-order valence-corrected chi connectivity index (χ2v) is 3.84. The number of ether oxygens (including phenoxy) is 2. The Morgan fingerprint density at radius 3 is 2.75 bits per heavy atom. The first-order valence-corrected chi connectivity index (χ1v) is 6.05. The van der Waals surface area contributed by atoms with Gasteiger partial charge in [0, 0.05) is 5.56 Å².